The molecule has 8 nitrogen and oxygen atoms in total. The van der Waals surface area contributed by atoms with Crippen LogP contribution in [0.3, 0.4) is 0 Å². The largest absolute Gasteiger partial charge is 0.493 e. The molecule has 1 aliphatic carbocycles. The molecule has 8 heteroatoms. The third-order valence-corrected chi connectivity index (χ3v) is 5.11. The molecule has 0 unspecified atom stereocenters. The van der Waals surface area contributed by atoms with Crippen LogP contribution in [0, 0.1) is 15.5 Å². The summed E-state index contributed by atoms with van der Waals surface area (Å²) in [5.74, 6) is -0.359. The molecule has 0 radical (unpaired) electrons. The minimum Gasteiger partial charge on any atom is -0.493 e. The fourth-order valence-electron chi connectivity index (χ4n) is 3.13. The first-order valence-electron chi connectivity index (χ1n) is 9.53. The third-order valence-electron chi connectivity index (χ3n) is 5.11. The van der Waals surface area contributed by atoms with Crippen LogP contribution in [0.5, 0.6) is 11.5 Å². The molecular formula is C22H23NO7. The summed E-state index contributed by atoms with van der Waals surface area (Å²) in [5, 5.41) is 11.3. The van der Waals surface area contributed by atoms with Gasteiger partial charge in [-0.3, -0.25) is 19.7 Å². The van der Waals surface area contributed by atoms with E-state index in [1.165, 1.54) is 26.2 Å². The summed E-state index contributed by atoms with van der Waals surface area (Å²) < 4.78 is 16.4. The van der Waals surface area contributed by atoms with Gasteiger partial charge < -0.3 is 14.2 Å². The molecule has 0 aliphatic heterocycles. The number of benzene rings is 2. The molecule has 3 rings (SSSR count). The molecule has 158 valence electrons. The summed E-state index contributed by atoms with van der Waals surface area (Å²) >= 11 is 0. The highest BCUT2D eigenvalue weighted by Gasteiger charge is 2.46. The average molecular weight is 413 g/mol. The maximum absolute atomic E-state index is 12.2. The quantitative estimate of drug-likeness (QED) is 0.250. The van der Waals surface area contributed by atoms with Gasteiger partial charge in [0.2, 0.25) is 0 Å². The van der Waals surface area contributed by atoms with E-state index in [1.54, 1.807) is 0 Å². The molecule has 0 atom stereocenters. The van der Waals surface area contributed by atoms with Gasteiger partial charge in [-0.1, -0.05) is 30.3 Å². The van der Waals surface area contributed by atoms with Crippen molar-refractivity contribution in [3.05, 3.63) is 63.7 Å². The maximum Gasteiger partial charge on any atom is 0.306 e. The van der Waals surface area contributed by atoms with Gasteiger partial charge in [0, 0.05) is 11.5 Å². The number of ketones is 1. The van der Waals surface area contributed by atoms with Gasteiger partial charge in [-0.15, -0.1) is 0 Å². The van der Waals surface area contributed by atoms with E-state index in [-0.39, 0.29) is 53.8 Å². The van der Waals surface area contributed by atoms with Gasteiger partial charge in [-0.2, -0.15) is 0 Å². The maximum atomic E-state index is 12.2. The predicted octanol–water partition coefficient (Wildman–Crippen LogP) is 4.10. The standard InChI is InChI=1S/C22H23NO7/c1-15(24)17-10-19(28-2)20(11-18(17)23(26)27)30-14-22(8-9-22)12-21(25)29-13-16-6-4-3-5-7-16/h3-7,10-11H,8-9,12-14H2,1-2H3. The number of methoxy groups -OCH3 is 1. The van der Waals surface area contributed by atoms with E-state index >= 15 is 0 Å². The summed E-state index contributed by atoms with van der Waals surface area (Å²) in [6.07, 6.45) is 1.79. The van der Waals surface area contributed by atoms with Crippen molar-refractivity contribution in [1.82, 2.24) is 0 Å². The first-order chi connectivity index (χ1) is 14.3. The smallest absolute Gasteiger partial charge is 0.306 e. The van der Waals surface area contributed by atoms with Gasteiger partial charge in [0.1, 0.15) is 6.61 Å². The van der Waals surface area contributed by atoms with Crippen LogP contribution in [0.1, 0.15) is 42.1 Å². The summed E-state index contributed by atoms with van der Waals surface area (Å²) in [6, 6.07) is 11.9. The Kier molecular flexibility index (Phi) is 6.34. The first-order valence-corrected chi connectivity index (χ1v) is 9.53. The van der Waals surface area contributed by atoms with E-state index in [0.29, 0.717) is 0 Å². The van der Waals surface area contributed by atoms with Crippen LogP contribution in [0.25, 0.3) is 0 Å². The number of carbonyl (C=O) groups is 2. The highest BCUT2D eigenvalue weighted by molar-refractivity contribution is 5.98. The van der Waals surface area contributed by atoms with Gasteiger partial charge in [0.25, 0.3) is 5.69 Å². The molecule has 0 aromatic heterocycles. The second-order valence-corrected chi connectivity index (χ2v) is 7.45. The Morgan fingerprint density at radius 2 is 1.83 bits per heavy atom. The number of hydrogen-bond donors (Lipinski definition) is 0. The van der Waals surface area contributed by atoms with Gasteiger partial charge in [-0.05, 0) is 25.3 Å². The fraction of sp³-hybridized carbons (Fsp3) is 0.364. The summed E-state index contributed by atoms with van der Waals surface area (Å²) in [6.45, 7) is 1.66. The molecule has 2 aromatic rings. The van der Waals surface area contributed by atoms with Crippen molar-refractivity contribution >= 4 is 17.4 Å². The fourth-order valence-corrected chi connectivity index (χ4v) is 3.13. The van der Waals surface area contributed by atoms with Crippen molar-refractivity contribution in [2.45, 2.75) is 32.8 Å². The van der Waals surface area contributed by atoms with Gasteiger partial charge in [-0.25, -0.2) is 0 Å². The zero-order valence-electron chi connectivity index (χ0n) is 16.9. The zero-order valence-corrected chi connectivity index (χ0v) is 16.9. The van der Waals surface area contributed by atoms with Gasteiger partial charge in [0.15, 0.2) is 17.3 Å². The van der Waals surface area contributed by atoms with E-state index in [0.717, 1.165) is 18.4 Å². The minimum absolute atomic E-state index is 0.0465. The van der Waals surface area contributed by atoms with Crippen molar-refractivity contribution in [2.24, 2.45) is 5.41 Å². The zero-order chi connectivity index (χ0) is 21.7. The molecule has 0 saturated heterocycles. The Morgan fingerprint density at radius 1 is 1.13 bits per heavy atom. The average Bonchev–Trinajstić information content (AvgIpc) is 3.50. The molecular weight excluding hydrogens is 390 g/mol. The SMILES string of the molecule is COc1cc(C(C)=O)c([N+](=O)[O-])cc1OCC1(CC(=O)OCc2ccccc2)CC1. The monoisotopic (exact) mass is 413 g/mol. The molecule has 1 aliphatic rings. The molecule has 30 heavy (non-hydrogen) atoms. The lowest BCUT2D eigenvalue weighted by molar-refractivity contribution is -0.385. The van der Waals surface area contributed by atoms with Crippen molar-refractivity contribution in [3.8, 4) is 11.5 Å². The second kappa shape index (κ2) is 8.94. The number of nitro benzene ring substituents is 1. The number of rotatable bonds is 10. The lowest BCUT2D eigenvalue weighted by atomic mass is 10.0. The highest BCUT2D eigenvalue weighted by Crippen LogP contribution is 2.50. The van der Waals surface area contributed by atoms with Crippen LogP contribution in [-0.2, 0) is 16.1 Å². The van der Waals surface area contributed by atoms with Crippen LogP contribution in [0.15, 0.2) is 42.5 Å². The summed E-state index contributed by atoms with van der Waals surface area (Å²) in [5.41, 5.74) is 0.169. The molecule has 0 amide bonds. The summed E-state index contributed by atoms with van der Waals surface area (Å²) in [7, 11) is 1.39. The lowest BCUT2D eigenvalue weighted by Gasteiger charge is -2.17. The molecule has 0 spiro atoms. The number of esters is 1. The highest BCUT2D eigenvalue weighted by atomic mass is 16.6. The number of Topliss-reactive ketones (excluding diaryl/α,β-unsaturated/α-hetero) is 1. The molecule has 2 aromatic carbocycles. The van der Waals surface area contributed by atoms with Gasteiger partial charge in [0.05, 0.1) is 36.7 Å². The minimum atomic E-state index is -0.628. The van der Waals surface area contributed by atoms with Gasteiger partial charge >= 0.3 is 5.97 Å². The number of nitro groups is 1. The Balaban J connectivity index is 1.64. The second-order valence-electron chi connectivity index (χ2n) is 7.45. The van der Waals surface area contributed by atoms with Crippen LogP contribution < -0.4 is 9.47 Å². The molecule has 0 N–H and O–H groups in total. The molecule has 0 bridgehead atoms. The van der Waals surface area contributed by atoms with Crippen LogP contribution in [0.2, 0.25) is 0 Å². The Hall–Kier alpha value is -3.42. The molecule has 1 fully saturated rings. The lowest BCUT2D eigenvalue weighted by Crippen LogP contribution is -2.19. The Labute approximate surface area is 173 Å². The van der Waals surface area contributed by atoms with E-state index < -0.39 is 10.7 Å². The third kappa shape index (κ3) is 5.14. The topological polar surface area (TPSA) is 105 Å². The van der Waals surface area contributed by atoms with E-state index in [9.17, 15) is 19.7 Å². The van der Waals surface area contributed by atoms with Crippen LogP contribution in [-0.4, -0.2) is 30.4 Å². The van der Waals surface area contributed by atoms with Crippen LogP contribution in [0.4, 0.5) is 5.69 Å². The van der Waals surface area contributed by atoms with Crippen molar-refractivity contribution in [2.75, 3.05) is 13.7 Å². The Bertz CT molecular complexity index is 951. The number of nitrogens with zero attached hydrogens (tertiary/aromatic N) is 1. The van der Waals surface area contributed by atoms with Crippen molar-refractivity contribution in [3.63, 3.8) is 0 Å². The van der Waals surface area contributed by atoms with Crippen LogP contribution >= 0.6 is 0 Å². The number of carbonyl (C=O) groups excluding carboxylic acids is 2. The Morgan fingerprint density at radius 3 is 2.40 bits per heavy atom. The molecule has 0 heterocycles. The first kappa shape index (κ1) is 21.3. The number of ether oxygens (including phenoxy) is 3. The van der Waals surface area contributed by atoms with Crippen molar-refractivity contribution in [1.29, 1.82) is 0 Å². The normalized spacial score (nSPS) is 13.9. The van der Waals surface area contributed by atoms with E-state index in [1.807, 2.05) is 30.3 Å². The number of hydrogen-bond acceptors (Lipinski definition) is 7. The summed E-state index contributed by atoms with van der Waals surface area (Å²) in [4.78, 5) is 34.6. The molecule has 1 saturated carbocycles. The van der Waals surface area contributed by atoms with E-state index in [4.69, 9.17) is 14.2 Å². The van der Waals surface area contributed by atoms with Crippen molar-refractivity contribution < 1.29 is 28.7 Å². The van der Waals surface area contributed by atoms with E-state index in [2.05, 4.69) is 0 Å². The predicted molar refractivity (Wildman–Crippen MR) is 108 cm³/mol.